The van der Waals surface area contributed by atoms with Gasteiger partial charge in [-0.1, -0.05) is 30.3 Å². The topological polar surface area (TPSA) is 39.2 Å². The Labute approximate surface area is 175 Å². The minimum Gasteiger partial charge on any atom is -0.488 e. The molecule has 152 valence electrons. The van der Waals surface area contributed by atoms with Crippen molar-refractivity contribution < 1.29 is 22.7 Å². The van der Waals surface area contributed by atoms with Gasteiger partial charge in [-0.15, -0.1) is 0 Å². The monoisotopic (exact) mass is 417 g/mol. The van der Waals surface area contributed by atoms with E-state index in [2.05, 4.69) is 4.98 Å². The molecule has 0 N–H and O–H groups in total. The number of pyridine rings is 1. The SMILES string of the molecule is O=C1c2cc(/C=C/c3ccc4cc(F)c(F)cc4n3)ccc2OCc2c(F)cccc21. The number of rotatable bonds is 2. The maximum atomic E-state index is 14.1. The Kier molecular flexibility index (Phi) is 4.55. The van der Waals surface area contributed by atoms with Crippen LogP contribution in [0.5, 0.6) is 5.75 Å². The lowest BCUT2D eigenvalue weighted by atomic mass is 9.97. The molecular formula is C25H14F3NO2. The molecule has 0 saturated carbocycles. The van der Waals surface area contributed by atoms with E-state index >= 15 is 0 Å². The lowest BCUT2D eigenvalue weighted by Gasteiger charge is -2.07. The Morgan fingerprint density at radius 1 is 0.839 bits per heavy atom. The van der Waals surface area contributed by atoms with Crippen molar-refractivity contribution in [1.82, 2.24) is 4.98 Å². The number of hydrogen-bond acceptors (Lipinski definition) is 3. The van der Waals surface area contributed by atoms with Gasteiger partial charge in [0.15, 0.2) is 17.4 Å². The van der Waals surface area contributed by atoms with Gasteiger partial charge in [-0.2, -0.15) is 0 Å². The van der Waals surface area contributed by atoms with Gasteiger partial charge in [-0.05, 0) is 42.0 Å². The molecule has 1 aliphatic heterocycles. The molecule has 2 heterocycles. The Balaban J connectivity index is 1.49. The van der Waals surface area contributed by atoms with Crippen LogP contribution in [0, 0.1) is 17.5 Å². The quantitative estimate of drug-likeness (QED) is 0.405. The number of benzene rings is 3. The molecule has 0 saturated heterocycles. The second-order valence-electron chi connectivity index (χ2n) is 7.17. The third-order valence-electron chi connectivity index (χ3n) is 5.18. The molecule has 5 rings (SSSR count). The molecule has 0 radical (unpaired) electrons. The van der Waals surface area contributed by atoms with Crippen LogP contribution in [0.25, 0.3) is 23.1 Å². The molecule has 0 bridgehead atoms. The van der Waals surface area contributed by atoms with Gasteiger partial charge in [-0.3, -0.25) is 4.79 Å². The second kappa shape index (κ2) is 7.40. The fraction of sp³-hybridized carbons (Fsp3) is 0.0400. The predicted molar refractivity (Wildman–Crippen MR) is 111 cm³/mol. The van der Waals surface area contributed by atoms with Gasteiger partial charge < -0.3 is 4.74 Å². The van der Waals surface area contributed by atoms with Crippen molar-refractivity contribution in [2.45, 2.75) is 6.61 Å². The summed E-state index contributed by atoms with van der Waals surface area (Å²) in [4.78, 5) is 17.3. The van der Waals surface area contributed by atoms with E-state index in [1.807, 2.05) is 0 Å². The van der Waals surface area contributed by atoms with Crippen molar-refractivity contribution in [3.63, 3.8) is 0 Å². The number of ether oxygens (including phenoxy) is 1. The summed E-state index contributed by atoms with van der Waals surface area (Å²) >= 11 is 0. The van der Waals surface area contributed by atoms with Gasteiger partial charge in [0.05, 0.1) is 16.8 Å². The maximum absolute atomic E-state index is 14.1. The zero-order valence-corrected chi connectivity index (χ0v) is 16.0. The molecule has 0 unspecified atom stereocenters. The number of nitrogens with zero attached hydrogens (tertiary/aromatic N) is 1. The zero-order valence-electron chi connectivity index (χ0n) is 16.0. The van der Waals surface area contributed by atoms with Gasteiger partial charge in [-0.25, -0.2) is 18.2 Å². The molecular weight excluding hydrogens is 403 g/mol. The van der Waals surface area contributed by atoms with Gasteiger partial charge in [0, 0.05) is 22.6 Å². The van der Waals surface area contributed by atoms with Gasteiger partial charge in [0.2, 0.25) is 0 Å². The summed E-state index contributed by atoms with van der Waals surface area (Å²) in [5.74, 6) is -2.27. The number of hydrogen-bond donors (Lipinski definition) is 0. The van der Waals surface area contributed by atoms with Crippen LogP contribution >= 0.6 is 0 Å². The van der Waals surface area contributed by atoms with Crippen LogP contribution in [0.3, 0.4) is 0 Å². The first kappa shape index (κ1) is 19.1. The van der Waals surface area contributed by atoms with Crippen molar-refractivity contribution >= 4 is 28.8 Å². The highest BCUT2D eigenvalue weighted by atomic mass is 19.2. The van der Waals surface area contributed by atoms with Crippen LogP contribution in [0.1, 0.15) is 32.7 Å². The van der Waals surface area contributed by atoms with Crippen molar-refractivity contribution in [1.29, 1.82) is 0 Å². The molecule has 31 heavy (non-hydrogen) atoms. The van der Waals surface area contributed by atoms with Crippen LogP contribution in [-0.4, -0.2) is 10.8 Å². The molecule has 0 amide bonds. The second-order valence-corrected chi connectivity index (χ2v) is 7.17. The molecule has 4 aromatic rings. The van der Waals surface area contributed by atoms with E-state index in [-0.39, 0.29) is 23.5 Å². The number of carbonyl (C=O) groups is 1. The number of ketones is 1. The average molecular weight is 417 g/mol. The fourth-order valence-corrected chi connectivity index (χ4v) is 3.58. The molecule has 1 aliphatic rings. The van der Waals surface area contributed by atoms with Crippen molar-refractivity contribution in [2.75, 3.05) is 0 Å². The summed E-state index contributed by atoms with van der Waals surface area (Å²) in [6.45, 7) is -0.0197. The zero-order chi connectivity index (χ0) is 21.5. The van der Waals surface area contributed by atoms with E-state index in [0.717, 1.165) is 12.1 Å². The number of carbonyl (C=O) groups excluding carboxylic acids is 1. The largest absolute Gasteiger partial charge is 0.488 e. The molecule has 0 atom stereocenters. The lowest BCUT2D eigenvalue weighted by Crippen LogP contribution is -2.04. The summed E-state index contributed by atoms with van der Waals surface area (Å²) in [5.41, 5.74) is 2.46. The van der Waals surface area contributed by atoms with E-state index in [1.165, 1.54) is 12.1 Å². The minimum absolute atomic E-state index is 0.0197. The van der Waals surface area contributed by atoms with Crippen molar-refractivity contribution in [3.05, 3.63) is 106 Å². The Morgan fingerprint density at radius 3 is 2.55 bits per heavy atom. The first-order chi connectivity index (χ1) is 15.0. The highest BCUT2D eigenvalue weighted by Crippen LogP contribution is 2.31. The average Bonchev–Trinajstić information content (AvgIpc) is 2.91. The molecule has 0 aliphatic carbocycles. The first-order valence-corrected chi connectivity index (χ1v) is 9.52. The summed E-state index contributed by atoms with van der Waals surface area (Å²) in [6.07, 6.45) is 3.46. The number of fused-ring (bicyclic) bond motifs is 3. The highest BCUT2D eigenvalue weighted by molar-refractivity contribution is 6.12. The highest BCUT2D eigenvalue weighted by Gasteiger charge is 2.24. The lowest BCUT2D eigenvalue weighted by molar-refractivity contribution is 0.103. The Hall–Kier alpha value is -3.93. The fourth-order valence-electron chi connectivity index (χ4n) is 3.58. The molecule has 0 spiro atoms. The van der Waals surface area contributed by atoms with E-state index in [9.17, 15) is 18.0 Å². The van der Waals surface area contributed by atoms with Crippen molar-refractivity contribution in [3.8, 4) is 5.75 Å². The van der Waals surface area contributed by atoms with Gasteiger partial charge in [0.25, 0.3) is 0 Å². The predicted octanol–water partition coefficient (Wildman–Crippen LogP) is 5.95. The molecule has 3 nitrogen and oxygen atoms in total. The van der Waals surface area contributed by atoms with Crippen LogP contribution in [0.2, 0.25) is 0 Å². The summed E-state index contributed by atoms with van der Waals surface area (Å²) < 4.78 is 46.6. The van der Waals surface area contributed by atoms with Crippen LogP contribution in [0.15, 0.2) is 60.7 Å². The van der Waals surface area contributed by atoms with E-state index < -0.39 is 17.5 Å². The Bertz CT molecular complexity index is 1400. The molecule has 6 heteroatoms. The van der Waals surface area contributed by atoms with Crippen LogP contribution in [0.4, 0.5) is 13.2 Å². The van der Waals surface area contributed by atoms with E-state index in [4.69, 9.17) is 4.74 Å². The third-order valence-corrected chi connectivity index (χ3v) is 5.18. The minimum atomic E-state index is -0.956. The smallest absolute Gasteiger partial charge is 0.197 e. The number of aromatic nitrogens is 1. The molecule has 1 aromatic heterocycles. The normalized spacial score (nSPS) is 13.1. The maximum Gasteiger partial charge on any atom is 0.197 e. The standard InChI is InChI=1S/C25H14F3NO2/c26-20-3-1-2-17-19(20)13-31-24-9-5-14(10-18(24)25(17)30)4-7-16-8-6-15-11-21(27)22(28)12-23(15)29-16/h1-12H,13H2/b7-4+. The summed E-state index contributed by atoms with van der Waals surface area (Å²) in [6, 6.07) is 15.0. The van der Waals surface area contributed by atoms with Crippen LogP contribution in [-0.2, 0) is 6.61 Å². The van der Waals surface area contributed by atoms with Gasteiger partial charge in [0.1, 0.15) is 18.2 Å². The number of halogens is 3. The molecule has 3 aromatic carbocycles. The first-order valence-electron chi connectivity index (χ1n) is 9.52. The molecule has 0 fully saturated rings. The van der Waals surface area contributed by atoms with Crippen molar-refractivity contribution in [2.24, 2.45) is 0 Å². The Morgan fingerprint density at radius 2 is 1.68 bits per heavy atom. The van der Waals surface area contributed by atoms with E-state index in [1.54, 1.807) is 48.6 Å². The summed E-state index contributed by atoms with van der Waals surface area (Å²) in [7, 11) is 0. The van der Waals surface area contributed by atoms with Gasteiger partial charge >= 0.3 is 0 Å². The van der Waals surface area contributed by atoms with E-state index in [0.29, 0.717) is 33.5 Å². The third kappa shape index (κ3) is 3.46. The summed E-state index contributed by atoms with van der Waals surface area (Å²) in [5, 5.41) is 0.495. The van der Waals surface area contributed by atoms with Crippen LogP contribution < -0.4 is 4.74 Å².